The quantitative estimate of drug-likeness (QED) is 0.597. The summed E-state index contributed by atoms with van der Waals surface area (Å²) in [7, 11) is 1.59. The van der Waals surface area contributed by atoms with Crippen molar-refractivity contribution in [3.63, 3.8) is 0 Å². The van der Waals surface area contributed by atoms with Gasteiger partial charge in [-0.1, -0.05) is 26.0 Å². The molecule has 0 spiro atoms. The number of hydrogen-bond donors (Lipinski definition) is 2. The van der Waals surface area contributed by atoms with Gasteiger partial charge in [0.2, 0.25) is 0 Å². The Morgan fingerprint density at radius 3 is 2.45 bits per heavy atom. The van der Waals surface area contributed by atoms with E-state index in [0.29, 0.717) is 36.8 Å². The van der Waals surface area contributed by atoms with Gasteiger partial charge in [0.1, 0.15) is 12.4 Å². The van der Waals surface area contributed by atoms with Crippen LogP contribution in [0.4, 0.5) is 14.9 Å². The molecule has 29 heavy (non-hydrogen) atoms. The number of likely N-dealkylation sites (N-methyl/N-ethyl adjacent to an activating group) is 1. The number of ether oxygens (including phenoxy) is 2. The Kier molecular flexibility index (Phi) is 9.24. The van der Waals surface area contributed by atoms with Crippen molar-refractivity contribution >= 4 is 11.7 Å². The molecular weight excluding hydrogens is 373 g/mol. The molecule has 6 nitrogen and oxygen atoms in total. The summed E-state index contributed by atoms with van der Waals surface area (Å²) in [6.07, 6.45) is 0.621. The standard InChI is InChI=1S/C22H30FN3O3/c1-4-26(5-2)14-15-29-21-16-19(10-11-20(21)28-3)25-22(27)24-13-12-17-6-8-18(23)9-7-17/h6-11,16H,4-5,12-15H2,1-3H3,(H2,24,25,27). The largest absolute Gasteiger partial charge is 0.493 e. The van der Waals surface area contributed by atoms with Crippen LogP contribution in [0.3, 0.4) is 0 Å². The smallest absolute Gasteiger partial charge is 0.319 e. The molecule has 158 valence electrons. The van der Waals surface area contributed by atoms with Gasteiger partial charge in [-0.2, -0.15) is 0 Å². The van der Waals surface area contributed by atoms with Gasteiger partial charge in [-0.05, 0) is 49.3 Å². The van der Waals surface area contributed by atoms with Crippen molar-refractivity contribution in [3.8, 4) is 11.5 Å². The van der Waals surface area contributed by atoms with E-state index < -0.39 is 0 Å². The normalized spacial score (nSPS) is 10.7. The first-order valence-electron chi connectivity index (χ1n) is 9.88. The maximum Gasteiger partial charge on any atom is 0.319 e. The highest BCUT2D eigenvalue weighted by Crippen LogP contribution is 2.30. The molecule has 0 atom stereocenters. The topological polar surface area (TPSA) is 62.8 Å². The van der Waals surface area contributed by atoms with Crippen molar-refractivity contribution in [2.75, 3.05) is 45.2 Å². The van der Waals surface area contributed by atoms with Gasteiger partial charge >= 0.3 is 6.03 Å². The number of hydrogen-bond acceptors (Lipinski definition) is 4. The minimum Gasteiger partial charge on any atom is -0.493 e. The lowest BCUT2D eigenvalue weighted by atomic mass is 10.1. The Balaban J connectivity index is 1.85. The lowest BCUT2D eigenvalue weighted by Gasteiger charge is -2.19. The zero-order valence-electron chi connectivity index (χ0n) is 17.3. The van der Waals surface area contributed by atoms with E-state index in [1.807, 2.05) is 0 Å². The summed E-state index contributed by atoms with van der Waals surface area (Å²) in [6, 6.07) is 11.2. The molecule has 0 aromatic heterocycles. The molecule has 0 aliphatic rings. The molecule has 0 fully saturated rings. The fourth-order valence-corrected chi connectivity index (χ4v) is 2.84. The lowest BCUT2D eigenvalue weighted by molar-refractivity contribution is 0.217. The lowest BCUT2D eigenvalue weighted by Crippen LogP contribution is -2.30. The highest BCUT2D eigenvalue weighted by molar-refractivity contribution is 5.89. The van der Waals surface area contributed by atoms with Crippen LogP contribution in [-0.2, 0) is 6.42 Å². The molecule has 0 bridgehead atoms. The van der Waals surface area contributed by atoms with E-state index in [1.54, 1.807) is 37.4 Å². The Morgan fingerprint density at radius 2 is 1.79 bits per heavy atom. The monoisotopic (exact) mass is 403 g/mol. The van der Waals surface area contributed by atoms with Crippen LogP contribution in [0.1, 0.15) is 19.4 Å². The fourth-order valence-electron chi connectivity index (χ4n) is 2.84. The van der Waals surface area contributed by atoms with E-state index in [9.17, 15) is 9.18 Å². The van der Waals surface area contributed by atoms with Crippen LogP contribution < -0.4 is 20.1 Å². The zero-order valence-corrected chi connectivity index (χ0v) is 17.3. The first-order chi connectivity index (χ1) is 14.0. The number of anilines is 1. The maximum atomic E-state index is 12.9. The SMILES string of the molecule is CCN(CC)CCOc1cc(NC(=O)NCCc2ccc(F)cc2)ccc1OC. The van der Waals surface area contributed by atoms with Gasteiger partial charge in [-0.25, -0.2) is 9.18 Å². The van der Waals surface area contributed by atoms with Crippen molar-refractivity contribution in [2.24, 2.45) is 0 Å². The first-order valence-corrected chi connectivity index (χ1v) is 9.88. The molecule has 2 N–H and O–H groups in total. The van der Waals surface area contributed by atoms with Crippen molar-refractivity contribution in [3.05, 3.63) is 53.8 Å². The van der Waals surface area contributed by atoms with Crippen LogP contribution in [0.25, 0.3) is 0 Å². The molecule has 2 amide bonds. The van der Waals surface area contributed by atoms with Crippen LogP contribution in [0.5, 0.6) is 11.5 Å². The molecule has 0 saturated carbocycles. The third kappa shape index (κ3) is 7.62. The van der Waals surface area contributed by atoms with Gasteiger partial charge in [-0.3, -0.25) is 0 Å². The number of halogens is 1. The number of urea groups is 1. The average Bonchev–Trinajstić information content (AvgIpc) is 2.73. The Labute approximate surface area is 172 Å². The molecular formula is C22H30FN3O3. The van der Waals surface area contributed by atoms with E-state index >= 15 is 0 Å². The number of nitrogens with one attached hydrogen (secondary N) is 2. The molecule has 0 aliphatic carbocycles. The average molecular weight is 403 g/mol. The summed E-state index contributed by atoms with van der Waals surface area (Å²) in [5.41, 5.74) is 1.57. The fraction of sp³-hybridized carbons (Fsp3) is 0.409. The van der Waals surface area contributed by atoms with Crippen LogP contribution in [0.2, 0.25) is 0 Å². The molecule has 2 aromatic carbocycles. The van der Waals surface area contributed by atoms with Crippen LogP contribution in [-0.4, -0.2) is 50.8 Å². The van der Waals surface area contributed by atoms with E-state index in [1.165, 1.54) is 12.1 Å². The number of carbonyl (C=O) groups is 1. The van der Waals surface area contributed by atoms with Gasteiger partial charge in [0.25, 0.3) is 0 Å². The van der Waals surface area contributed by atoms with E-state index in [4.69, 9.17) is 9.47 Å². The van der Waals surface area contributed by atoms with Crippen molar-refractivity contribution in [1.29, 1.82) is 0 Å². The van der Waals surface area contributed by atoms with E-state index in [2.05, 4.69) is 29.4 Å². The summed E-state index contributed by atoms with van der Waals surface area (Å²) in [5, 5.41) is 5.59. The molecule has 0 aliphatic heterocycles. The predicted octanol–water partition coefficient (Wildman–Crippen LogP) is 3.92. The summed E-state index contributed by atoms with van der Waals surface area (Å²) < 4.78 is 24.1. The van der Waals surface area contributed by atoms with Crippen molar-refractivity contribution in [2.45, 2.75) is 20.3 Å². The number of amides is 2. The zero-order chi connectivity index (χ0) is 21.1. The number of benzene rings is 2. The minimum absolute atomic E-state index is 0.269. The number of nitrogens with zero attached hydrogens (tertiary/aromatic N) is 1. The summed E-state index contributed by atoms with van der Waals surface area (Å²) in [5.74, 6) is 0.935. The number of rotatable bonds is 11. The van der Waals surface area contributed by atoms with Gasteiger partial charge in [-0.15, -0.1) is 0 Å². The molecule has 2 rings (SSSR count). The molecule has 2 aromatic rings. The van der Waals surface area contributed by atoms with Gasteiger partial charge in [0.15, 0.2) is 11.5 Å². The molecule has 0 saturated heterocycles. The highest BCUT2D eigenvalue weighted by atomic mass is 19.1. The van der Waals surface area contributed by atoms with Crippen molar-refractivity contribution < 1.29 is 18.7 Å². The number of methoxy groups -OCH3 is 1. The predicted molar refractivity (Wildman–Crippen MR) is 113 cm³/mol. The van der Waals surface area contributed by atoms with Crippen LogP contribution in [0.15, 0.2) is 42.5 Å². The Morgan fingerprint density at radius 1 is 1.07 bits per heavy atom. The molecule has 0 radical (unpaired) electrons. The third-order valence-electron chi connectivity index (χ3n) is 4.59. The maximum absolute atomic E-state index is 12.9. The summed E-state index contributed by atoms with van der Waals surface area (Å²) in [6.45, 7) is 7.96. The van der Waals surface area contributed by atoms with Gasteiger partial charge in [0.05, 0.1) is 7.11 Å². The third-order valence-corrected chi connectivity index (χ3v) is 4.59. The van der Waals surface area contributed by atoms with Gasteiger partial charge in [0, 0.05) is 24.8 Å². The Hall–Kier alpha value is -2.80. The second kappa shape index (κ2) is 11.9. The summed E-state index contributed by atoms with van der Waals surface area (Å²) >= 11 is 0. The minimum atomic E-state index is -0.314. The van der Waals surface area contributed by atoms with E-state index in [-0.39, 0.29) is 11.8 Å². The molecule has 0 unspecified atom stereocenters. The van der Waals surface area contributed by atoms with Crippen molar-refractivity contribution in [1.82, 2.24) is 10.2 Å². The molecule has 0 heterocycles. The number of carbonyl (C=O) groups excluding carboxylic acids is 1. The highest BCUT2D eigenvalue weighted by Gasteiger charge is 2.09. The van der Waals surface area contributed by atoms with Gasteiger partial charge < -0.3 is 25.0 Å². The first kappa shape index (κ1) is 22.5. The van der Waals surface area contributed by atoms with Crippen LogP contribution >= 0.6 is 0 Å². The second-order valence-electron chi connectivity index (χ2n) is 6.50. The van der Waals surface area contributed by atoms with E-state index in [0.717, 1.165) is 25.2 Å². The second-order valence-corrected chi connectivity index (χ2v) is 6.50. The van der Waals surface area contributed by atoms with Crippen LogP contribution in [0, 0.1) is 5.82 Å². The summed E-state index contributed by atoms with van der Waals surface area (Å²) in [4.78, 5) is 14.4. The Bertz CT molecular complexity index is 764. The molecule has 7 heteroatoms.